The average molecular weight is 164 g/mol. The summed E-state index contributed by atoms with van der Waals surface area (Å²) in [5, 5.41) is 36.0. The molecule has 1 rings (SSSR count). The fourth-order valence-electron chi connectivity index (χ4n) is 1.12. The molecule has 0 aromatic heterocycles. The van der Waals surface area contributed by atoms with Crippen molar-refractivity contribution in [2.75, 3.05) is 6.61 Å². The van der Waals surface area contributed by atoms with Crippen molar-refractivity contribution in [1.29, 1.82) is 0 Å². The van der Waals surface area contributed by atoms with E-state index >= 15 is 0 Å². The van der Waals surface area contributed by atoms with E-state index in [0.717, 1.165) is 0 Å². The monoisotopic (exact) mass is 164 g/mol. The van der Waals surface area contributed by atoms with Crippen LogP contribution < -0.4 is 0 Å². The summed E-state index contributed by atoms with van der Waals surface area (Å²) in [7, 11) is 0. The maximum atomic E-state index is 9.23. The van der Waals surface area contributed by atoms with Gasteiger partial charge in [-0.1, -0.05) is 0 Å². The number of hydrogen-bond donors (Lipinski definition) is 4. The summed E-state index contributed by atoms with van der Waals surface area (Å²) in [6.07, 6.45) is -3.25. The van der Waals surface area contributed by atoms with Crippen LogP contribution in [0.2, 0.25) is 0 Å². The van der Waals surface area contributed by atoms with Crippen LogP contribution in [0, 0.1) is 0 Å². The van der Waals surface area contributed by atoms with Crippen molar-refractivity contribution in [2.24, 2.45) is 0 Å². The van der Waals surface area contributed by atoms with Crippen molar-refractivity contribution in [3.05, 3.63) is 0 Å². The van der Waals surface area contributed by atoms with E-state index in [1.165, 1.54) is 6.92 Å². The van der Waals surface area contributed by atoms with Gasteiger partial charge in [0.2, 0.25) is 5.79 Å². The van der Waals surface area contributed by atoms with E-state index in [-0.39, 0.29) is 0 Å². The van der Waals surface area contributed by atoms with Gasteiger partial charge in [-0.2, -0.15) is 0 Å². The van der Waals surface area contributed by atoms with Gasteiger partial charge in [0, 0.05) is 0 Å². The molecule has 1 aliphatic rings. The maximum absolute atomic E-state index is 9.23. The second-order valence-corrected chi connectivity index (χ2v) is 2.76. The molecule has 66 valence electrons. The van der Waals surface area contributed by atoms with E-state index in [1.54, 1.807) is 0 Å². The first kappa shape index (κ1) is 8.89. The highest BCUT2D eigenvalue weighted by Gasteiger charge is 2.51. The summed E-state index contributed by atoms with van der Waals surface area (Å²) in [5.74, 6) is -2.00. The smallest absolute Gasteiger partial charge is 0.219 e. The third-order valence-electron chi connectivity index (χ3n) is 1.88. The summed E-state index contributed by atoms with van der Waals surface area (Å²) < 4.78 is 4.73. The van der Waals surface area contributed by atoms with E-state index in [1.807, 2.05) is 0 Å². The number of aliphatic hydroxyl groups excluding tert-OH is 3. The predicted octanol–water partition coefficient (Wildman–Crippen LogP) is -2.19. The molecule has 4 N–H and O–H groups in total. The Morgan fingerprint density at radius 2 is 2.00 bits per heavy atom. The Labute approximate surface area is 63.8 Å². The topological polar surface area (TPSA) is 90.2 Å². The van der Waals surface area contributed by atoms with E-state index in [9.17, 15) is 5.11 Å². The molecule has 1 heterocycles. The third-order valence-corrected chi connectivity index (χ3v) is 1.88. The lowest BCUT2D eigenvalue weighted by Crippen LogP contribution is -2.46. The Morgan fingerprint density at radius 1 is 1.45 bits per heavy atom. The van der Waals surface area contributed by atoms with Gasteiger partial charge < -0.3 is 25.2 Å². The minimum Gasteiger partial charge on any atom is -0.391 e. The molecule has 0 spiro atoms. The van der Waals surface area contributed by atoms with Crippen LogP contribution in [-0.2, 0) is 4.74 Å². The lowest BCUT2D eigenvalue weighted by molar-refractivity contribution is -0.243. The highest BCUT2D eigenvalue weighted by atomic mass is 16.7. The zero-order valence-electron chi connectivity index (χ0n) is 6.14. The summed E-state index contributed by atoms with van der Waals surface area (Å²) in [4.78, 5) is 0. The first-order chi connectivity index (χ1) is 5.01. The van der Waals surface area contributed by atoms with Gasteiger partial charge in [-0.3, -0.25) is 0 Å². The second-order valence-electron chi connectivity index (χ2n) is 2.76. The standard InChI is InChI=1S/C6H12O5/c1-3-4(8)5(9)6(10,2-7)11-3/h3-5,7-10H,2H2,1H3/t3-,4-,5+,6-/m1/s1. The number of hydrogen-bond acceptors (Lipinski definition) is 5. The van der Waals surface area contributed by atoms with Gasteiger partial charge in [-0.05, 0) is 6.92 Å². The number of ether oxygens (including phenoxy) is 1. The third kappa shape index (κ3) is 1.25. The molecule has 5 nitrogen and oxygen atoms in total. The summed E-state index contributed by atoms with van der Waals surface area (Å²) >= 11 is 0. The van der Waals surface area contributed by atoms with Gasteiger partial charge >= 0.3 is 0 Å². The Kier molecular flexibility index (Phi) is 2.17. The van der Waals surface area contributed by atoms with E-state index in [4.69, 9.17) is 20.1 Å². The van der Waals surface area contributed by atoms with Crippen molar-refractivity contribution in [1.82, 2.24) is 0 Å². The van der Waals surface area contributed by atoms with E-state index < -0.39 is 30.7 Å². The van der Waals surface area contributed by atoms with Gasteiger partial charge in [-0.25, -0.2) is 0 Å². The molecule has 1 saturated heterocycles. The van der Waals surface area contributed by atoms with Crippen molar-refractivity contribution < 1.29 is 25.2 Å². The molecule has 0 saturated carbocycles. The molecule has 5 heteroatoms. The van der Waals surface area contributed by atoms with Crippen molar-refractivity contribution >= 4 is 0 Å². The molecular weight excluding hydrogens is 152 g/mol. The van der Waals surface area contributed by atoms with Crippen LogP contribution >= 0.6 is 0 Å². The Balaban J connectivity index is 2.73. The molecule has 1 fully saturated rings. The maximum Gasteiger partial charge on any atom is 0.219 e. The van der Waals surface area contributed by atoms with Crippen molar-refractivity contribution in [3.63, 3.8) is 0 Å². The van der Waals surface area contributed by atoms with Crippen molar-refractivity contribution in [2.45, 2.75) is 31.0 Å². The molecule has 1 aliphatic heterocycles. The van der Waals surface area contributed by atoms with Crippen LogP contribution in [0.1, 0.15) is 6.92 Å². The predicted molar refractivity (Wildman–Crippen MR) is 34.6 cm³/mol. The van der Waals surface area contributed by atoms with Crippen LogP contribution in [0.4, 0.5) is 0 Å². The minimum absolute atomic E-state index is 0.665. The molecule has 0 bridgehead atoms. The lowest BCUT2D eigenvalue weighted by Gasteiger charge is -2.22. The van der Waals surface area contributed by atoms with Crippen LogP contribution in [0.3, 0.4) is 0 Å². The van der Waals surface area contributed by atoms with Crippen LogP contribution in [0.15, 0.2) is 0 Å². The highest BCUT2D eigenvalue weighted by molar-refractivity contribution is 4.93. The van der Waals surface area contributed by atoms with Gasteiger partial charge in [0.15, 0.2) is 0 Å². The molecule has 0 aromatic rings. The van der Waals surface area contributed by atoms with Gasteiger partial charge in [-0.15, -0.1) is 0 Å². The van der Waals surface area contributed by atoms with Crippen LogP contribution in [-0.4, -0.2) is 51.1 Å². The molecule has 4 atom stereocenters. The highest BCUT2D eigenvalue weighted by Crippen LogP contribution is 2.28. The fourth-order valence-corrected chi connectivity index (χ4v) is 1.12. The van der Waals surface area contributed by atoms with Gasteiger partial charge in [0.25, 0.3) is 0 Å². The minimum atomic E-state index is -2.00. The molecule has 0 amide bonds. The Bertz CT molecular complexity index is 150. The SMILES string of the molecule is C[C@H]1O[C@](O)(CO)[C@@H](O)[C@@H]1O. The first-order valence-corrected chi connectivity index (χ1v) is 3.38. The Hall–Kier alpha value is -0.200. The number of aliphatic hydroxyl groups is 4. The zero-order valence-corrected chi connectivity index (χ0v) is 6.14. The van der Waals surface area contributed by atoms with E-state index in [2.05, 4.69) is 0 Å². The number of rotatable bonds is 1. The van der Waals surface area contributed by atoms with Gasteiger partial charge in [0.05, 0.1) is 12.7 Å². The molecule has 0 radical (unpaired) electrons. The average Bonchev–Trinajstić information content (AvgIpc) is 2.17. The van der Waals surface area contributed by atoms with Crippen molar-refractivity contribution in [3.8, 4) is 0 Å². The quantitative estimate of drug-likeness (QED) is 0.353. The normalized spacial score (nSPS) is 51.5. The molecule has 11 heavy (non-hydrogen) atoms. The molecule has 0 aromatic carbocycles. The summed E-state index contributed by atoms with van der Waals surface area (Å²) in [6, 6.07) is 0. The largest absolute Gasteiger partial charge is 0.391 e. The van der Waals surface area contributed by atoms with Gasteiger partial charge in [0.1, 0.15) is 12.2 Å². The van der Waals surface area contributed by atoms with Crippen LogP contribution in [0.25, 0.3) is 0 Å². The summed E-state index contributed by atoms with van der Waals surface area (Å²) in [6.45, 7) is 0.775. The first-order valence-electron chi connectivity index (χ1n) is 3.38. The zero-order chi connectivity index (χ0) is 8.65. The fraction of sp³-hybridized carbons (Fsp3) is 1.00. The summed E-state index contributed by atoms with van der Waals surface area (Å²) in [5.41, 5.74) is 0. The lowest BCUT2D eigenvalue weighted by atomic mass is 10.1. The van der Waals surface area contributed by atoms with Crippen LogP contribution in [0.5, 0.6) is 0 Å². The molecule has 0 aliphatic carbocycles. The molecular formula is C6H12O5. The molecule has 0 unspecified atom stereocenters. The van der Waals surface area contributed by atoms with E-state index in [0.29, 0.717) is 0 Å². The second kappa shape index (κ2) is 2.69. The Morgan fingerprint density at radius 3 is 2.18 bits per heavy atom.